The van der Waals surface area contributed by atoms with Gasteiger partial charge in [0.2, 0.25) is 5.69 Å². The summed E-state index contributed by atoms with van der Waals surface area (Å²) in [5.74, 6) is 0. The van der Waals surface area contributed by atoms with E-state index in [1.807, 2.05) is 72.8 Å². The van der Waals surface area contributed by atoms with Crippen molar-refractivity contribution < 1.29 is 0 Å². The van der Waals surface area contributed by atoms with Gasteiger partial charge in [-0.3, -0.25) is 0 Å². The van der Waals surface area contributed by atoms with Crippen molar-refractivity contribution in [3.63, 3.8) is 0 Å². The number of fused-ring (bicyclic) bond motifs is 6. The van der Waals surface area contributed by atoms with Gasteiger partial charge in [-0.25, -0.2) is 4.85 Å². The van der Waals surface area contributed by atoms with Crippen LogP contribution < -0.4 is 0 Å². The van der Waals surface area contributed by atoms with Gasteiger partial charge >= 0.3 is 0 Å². The molecule has 0 radical (unpaired) electrons. The lowest BCUT2D eigenvalue weighted by atomic mass is 9.97. The highest BCUT2D eigenvalue weighted by Gasteiger charge is 2.21. The molecule has 0 amide bonds. The van der Waals surface area contributed by atoms with E-state index in [-0.39, 0.29) is 0 Å². The average molecular weight is 560 g/mol. The molecule has 0 N–H and O–H groups in total. The second-order valence-corrected chi connectivity index (χ2v) is 10.7. The van der Waals surface area contributed by atoms with E-state index in [0.717, 1.165) is 66.1 Å². The smallest absolute Gasteiger partial charge is 0.210 e. The molecule has 0 saturated carbocycles. The first-order chi connectivity index (χ1) is 21.7. The van der Waals surface area contributed by atoms with Crippen LogP contribution in [0, 0.1) is 29.2 Å². The highest BCUT2D eigenvalue weighted by atomic mass is 15.0. The summed E-state index contributed by atoms with van der Waals surface area (Å²) in [6.45, 7) is 7.86. The van der Waals surface area contributed by atoms with E-state index in [0.29, 0.717) is 16.8 Å². The molecule has 44 heavy (non-hydrogen) atoms. The van der Waals surface area contributed by atoms with E-state index < -0.39 is 0 Å². The molecule has 0 aliphatic heterocycles. The third-order valence-corrected chi connectivity index (χ3v) is 8.38. The van der Waals surface area contributed by atoms with Gasteiger partial charge in [0.25, 0.3) is 0 Å². The molecule has 2 aromatic heterocycles. The van der Waals surface area contributed by atoms with E-state index in [1.54, 1.807) is 0 Å². The number of nitrogens with zero attached hydrogens (tertiary/aromatic N) is 5. The van der Waals surface area contributed by atoms with Crippen molar-refractivity contribution in [1.29, 1.82) is 10.5 Å². The van der Waals surface area contributed by atoms with Crippen LogP contribution in [0.3, 0.4) is 0 Å². The van der Waals surface area contributed by atoms with Crippen LogP contribution in [0.4, 0.5) is 5.69 Å². The molecule has 2 heterocycles. The SMILES string of the molecule is [C-]#[N+]c1ccccc1-n1c2ccccc2c2c(-c3cccc4c5cc(C#N)ccc5n(-c5cccc(C#N)c5)c34)cccc21. The minimum atomic E-state index is 0.576. The average Bonchev–Trinajstić information content (AvgIpc) is 3.61. The van der Waals surface area contributed by atoms with Gasteiger partial charge in [0.15, 0.2) is 0 Å². The molecule has 0 saturated heterocycles. The minimum Gasteiger partial charge on any atom is -0.319 e. The van der Waals surface area contributed by atoms with E-state index in [4.69, 9.17) is 6.57 Å². The second kappa shape index (κ2) is 9.74. The predicted octanol–water partition coefficient (Wildman–Crippen LogP) is 9.84. The fourth-order valence-electron chi connectivity index (χ4n) is 6.59. The molecule has 0 unspecified atom stereocenters. The van der Waals surface area contributed by atoms with Crippen molar-refractivity contribution in [1.82, 2.24) is 9.13 Å². The lowest BCUT2D eigenvalue weighted by molar-refractivity contribution is 1.18. The summed E-state index contributed by atoms with van der Waals surface area (Å²) in [5.41, 5.74) is 9.57. The molecule has 6 aromatic carbocycles. The molecule has 0 fully saturated rings. The standard InChI is InChI=1S/C39H21N5/c1-42-33-15-3-5-17-36(33)44-34-16-4-2-11-31(34)38-28(12-8-18-37(38)44)29-13-7-14-30-32-22-26(24-41)19-20-35(32)43(39(29)30)27-10-6-9-25(21-27)23-40/h2-22H. The second-order valence-electron chi connectivity index (χ2n) is 10.7. The summed E-state index contributed by atoms with van der Waals surface area (Å²) in [5, 5.41) is 23.6. The van der Waals surface area contributed by atoms with Gasteiger partial charge in [0.05, 0.1) is 57.6 Å². The summed E-state index contributed by atoms with van der Waals surface area (Å²) in [7, 11) is 0. The van der Waals surface area contributed by atoms with Gasteiger partial charge in [-0.15, -0.1) is 0 Å². The maximum absolute atomic E-state index is 9.73. The van der Waals surface area contributed by atoms with Crippen molar-refractivity contribution in [2.24, 2.45) is 0 Å². The number of nitriles is 2. The van der Waals surface area contributed by atoms with Crippen molar-refractivity contribution in [3.05, 3.63) is 150 Å². The first-order valence-corrected chi connectivity index (χ1v) is 14.2. The fraction of sp³-hybridized carbons (Fsp3) is 0. The van der Waals surface area contributed by atoms with Gasteiger partial charge in [0.1, 0.15) is 0 Å². The van der Waals surface area contributed by atoms with Crippen LogP contribution in [0.25, 0.3) is 71.0 Å². The third-order valence-electron chi connectivity index (χ3n) is 8.38. The Labute approximate surface area is 253 Å². The zero-order chi connectivity index (χ0) is 29.8. The summed E-state index contributed by atoms with van der Waals surface area (Å²) >= 11 is 0. The molecule has 8 aromatic rings. The molecule has 8 rings (SSSR count). The monoisotopic (exact) mass is 559 g/mol. The van der Waals surface area contributed by atoms with Crippen LogP contribution in [0.15, 0.2) is 127 Å². The Hall–Kier alpha value is -6.61. The van der Waals surface area contributed by atoms with Gasteiger partial charge in [-0.05, 0) is 60.2 Å². The quantitative estimate of drug-likeness (QED) is 0.202. The van der Waals surface area contributed by atoms with Crippen molar-refractivity contribution >= 4 is 49.3 Å². The maximum atomic E-state index is 9.73. The zero-order valence-corrected chi connectivity index (χ0v) is 23.4. The molecule has 0 spiro atoms. The van der Waals surface area contributed by atoms with Gasteiger partial charge in [0, 0.05) is 32.8 Å². The van der Waals surface area contributed by atoms with E-state index >= 15 is 0 Å². The van der Waals surface area contributed by atoms with E-state index in [2.05, 4.69) is 80.7 Å². The molecule has 0 aliphatic carbocycles. The Morgan fingerprint density at radius 1 is 0.545 bits per heavy atom. The van der Waals surface area contributed by atoms with E-state index in [1.165, 1.54) is 0 Å². The highest BCUT2D eigenvalue weighted by molar-refractivity contribution is 6.20. The largest absolute Gasteiger partial charge is 0.319 e. The Bertz CT molecular complexity index is 2600. The highest BCUT2D eigenvalue weighted by Crippen LogP contribution is 2.44. The number of para-hydroxylation sites is 4. The lowest BCUT2D eigenvalue weighted by Crippen LogP contribution is -1.97. The molecule has 5 heteroatoms. The molecular weight excluding hydrogens is 538 g/mol. The molecule has 0 aliphatic rings. The molecule has 0 bridgehead atoms. The first kappa shape index (κ1) is 25.1. The van der Waals surface area contributed by atoms with Crippen LogP contribution in [-0.2, 0) is 0 Å². The minimum absolute atomic E-state index is 0.576. The number of benzene rings is 6. The van der Waals surface area contributed by atoms with Gasteiger partial charge in [-0.2, -0.15) is 10.5 Å². The number of aromatic nitrogens is 2. The third kappa shape index (κ3) is 3.56. The topological polar surface area (TPSA) is 61.8 Å². The van der Waals surface area contributed by atoms with Crippen molar-refractivity contribution in [2.45, 2.75) is 0 Å². The van der Waals surface area contributed by atoms with Crippen molar-refractivity contribution in [2.75, 3.05) is 0 Å². The summed E-state index contributed by atoms with van der Waals surface area (Å²) < 4.78 is 4.39. The fourth-order valence-corrected chi connectivity index (χ4v) is 6.59. The Kier molecular flexibility index (Phi) is 5.56. The first-order valence-electron chi connectivity index (χ1n) is 14.2. The summed E-state index contributed by atoms with van der Waals surface area (Å²) in [6, 6.07) is 46.7. The number of hydrogen-bond donors (Lipinski definition) is 0. The lowest BCUT2D eigenvalue weighted by Gasteiger charge is -2.13. The Balaban J connectivity index is 1.54. The van der Waals surface area contributed by atoms with E-state index in [9.17, 15) is 10.5 Å². The predicted molar refractivity (Wildman–Crippen MR) is 176 cm³/mol. The van der Waals surface area contributed by atoms with Crippen molar-refractivity contribution in [3.8, 4) is 34.6 Å². The number of rotatable bonds is 3. The molecular formula is C39H21N5. The van der Waals surface area contributed by atoms with Crippen LogP contribution >= 0.6 is 0 Å². The van der Waals surface area contributed by atoms with Crippen LogP contribution in [0.5, 0.6) is 0 Å². The zero-order valence-electron chi connectivity index (χ0n) is 23.4. The van der Waals surface area contributed by atoms with Gasteiger partial charge in [-0.1, -0.05) is 72.8 Å². The normalized spacial score (nSPS) is 11.1. The van der Waals surface area contributed by atoms with Crippen LogP contribution in [-0.4, -0.2) is 9.13 Å². The molecule has 202 valence electrons. The molecule has 5 nitrogen and oxygen atoms in total. The van der Waals surface area contributed by atoms with Crippen LogP contribution in [0.1, 0.15) is 11.1 Å². The number of hydrogen-bond acceptors (Lipinski definition) is 2. The molecule has 0 atom stereocenters. The Morgan fingerprint density at radius 3 is 2.09 bits per heavy atom. The van der Waals surface area contributed by atoms with Gasteiger partial charge < -0.3 is 9.13 Å². The van der Waals surface area contributed by atoms with Crippen LogP contribution in [0.2, 0.25) is 0 Å². The maximum Gasteiger partial charge on any atom is 0.210 e. The summed E-state index contributed by atoms with van der Waals surface area (Å²) in [4.78, 5) is 3.84. The Morgan fingerprint density at radius 2 is 1.23 bits per heavy atom. The summed E-state index contributed by atoms with van der Waals surface area (Å²) in [6.07, 6.45) is 0.